The van der Waals surface area contributed by atoms with Crippen LogP contribution in [0.15, 0.2) is 24.3 Å². The fourth-order valence-corrected chi connectivity index (χ4v) is 4.60. The van der Waals surface area contributed by atoms with Gasteiger partial charge in [-0.15, -0.1) is 0 Å². The monoisotopic (exact) mass is 414 g/mol. The van der Waals surface area contributed by atoms with Crippen LogP contribution in [0.3, 0.4) is 0 Å². The Morgan fingerprint density at radius 3 is 2.57 bits per heavy atom. The van der Waals surface area contributed by atoms with E-state index >= 15 is 0 Å². The molecular weight excluding hydrogens is 380 g/mol. The van der Waals surface area contributed by atoms with Gasteiger partial charge in [-0.05, 0) is 43.0 Å². The Balaban J connectivity index is 1.60. The average molecular weight is 415 g/mol. The van der Waals surface area contributed by atoms with Gasteiger partial charge in [-0.3, -0.25) is 19.4 Å². The molecule has 2 aliphatic rings. The number of urea groups is 1. The normalized spacial score (nSPS) is 23.9. The van der Waals surface area contributed by atoms with E-state index in [-0.39, 0.29) is 24.3 Å². The molecule has 0 aromatic heterocycles. The highest BCUT2D eigenvalue weighted by atomic mass is 16.2. The largest absolute Gasteiger partial charge is 0.350 e. The Kier molecular flexibility index (Phi) is 7.13. The molecular formula is C23H34N4O3. The van der Waals surface area contributed by atoms with Crippen LogP contribution in [0.5, 0.6) is 0 Å². The highest BCUT2D eigenvalue weighted by Gasteiger charge is 2.55. The summed E-state index contributed by atoms with van der Waals surface area (Å²) in [4.78, 5) is 41.4. The summed E-state index contributed by atoms with van der Waals surface area (Å²) in [5.74, 6) is -0.490. The number of carbonyl (C=O) groups excluding carboxylic acids is 3. The molecule has 3 rings (SSSR count). The summed E-state index contributed by atoms with van der Waals surface area (Å²) >= 11 is 0. The number of nitrogens with one attached hydrogen (secondary N) is 2. The number of nitrogens with zero attached hydrogens (tertiary/aromatic N) is 2. The van der Waals surface area contributed by atoms with E-state index in [1.807, 2.05) is 25.1 Å². The number of hydrogen-bond donors (Lipinski definition) is 2. The topological polar surface area (TPSA) is 81.8 Å². The number of imide groups is 1. The molecule has 2 N–H and O–H groups in total. The molecule has 0 radical (unpaired) electrons. The van der Waals surface area contributed by atoms with Crippen LogP contribution < -0.4 is 10.6 Å². The van der Waals surface area contributed by atoms with Crippen molar-refractivity contribution in [2.45, 2.75) is 65.1 Å². The molecule has 0 bridgehead atoms. The second-order valence-corrected chi connectivity index (χ2v) is 8.45. The summed E-state index contributed by atoms with van der Waals surface area (Å²) in [6.07, 6.45) is 3.55. The maximum atomic E-state index is 13.0. The molecule has 2 atom stereocenters. The van der Waals surface area contributed by atoms with Gasteiger partial charge in [0, 0.05) is 13.1 Å². The molecule has 2 fully saturated rings. The van der Waals surface area contributed by atoms with Gasteiger partial charge in [-0.1, -0.05) is 57.9 Å². The molecule has 164 valence electrons. The average Bonchev–Trinajstić information content (AvgIpc) is 2.98. The van der Waals surface area contributed by atoms with E-state index in [1.165, 1.54) is 5.56 Å². The van der Waals surface area contributed by atoms with Crippen LogP contribution in [-0.2, 0) is 22.7 Å². The Hall–Kier alpha value is -2.41. The fraction of sp³-hybridized carbons (Fsp3) is 0.609. The van der Waals surface area contributed by atoms with Crippen molar-refractivity contribution in [1.82, 2.24) is 20.4 Å². The first-order valence-electron chi connectivity index (χ1n) is 11.1. The van der Waals surface area contributed by atoms with Crippen LogP contribution in [0.1, 0.15) is 57.6 Å². The zero-order chi connectivity index (χ0) is 21.7. The predicted molar refractivity (Wildman–Crippen MR) is 116 cm³/mol. The molecule has 7 heteroatoms. The number of carbonyl (C=O) groups is 3. The summed E-state index contributed by atoms with van der Waals surface area (Å²) in [5, 5.41) is 5.78. The maximum Gasteiger partial charge on any atom is 0.325 e. The summed E-state index contributed by atoms with van der Waals surface area (Å²) in [6, 6.07) is 7.59. The molecule has 1 spiro atoms. The first kappa shape index (κ1) is 22.3. The van der Waals surface area contributed by atoms with Gasteiger partial charge in [0.05, 0.1) is 0 Å². The van der Waals surface area contributed by atoms with Crippen LogP contribution >= 0.6 is 0 Å². The minimum Gasteiger partial charge on any atom is -0.350 e. The van der Waals surface area contributed by atoms with Gasteiger partial charge in [0.25, 0.3) is 5.91 Å². The highest BCUT2D eigenvalue weighted by molar-refractivity contribution is 6.09. The second kappa shape index (κ2) is 9.60. The third kappa shape index (κ3) is 4.51. The van der Waals surface area contributed by atoms with Crippen LogP contribution in [0.4, 0.5) is 4.79 Å². The van der Waals surface area contributed by atoms with Crippen molar-refractivity contribution in [3.63, 3.8) is 0 Å². The maximum absolute atomic E-state index is 13.0. The number of amides is 4. The Morgan fingerprint density at radius 2 is 1.90 bits per heavy atom. The first-order chi connectivity index (χ1) is 14.4. The standard InChI is InChI=1S/C23H34N4O3/c1-4-26(5-2)15-19-12-7-6-11-18(19)14-24-20(28)16-27-21(29)23(25-22(27)30)13-9-8-10-17(23)3/h6-7,11-12,17H,4-5,8-10,13-16H2,1-3H3,(H,24,28)(H,25,30). The van der Waals surface area contributed by atoms with Gasteiger partial charge in [0.1, 0.15) is 12.1 Å². The quantitative estimate of drug-likeness (QED) is 0.641. The van der Waals surface area contributed by atoms with E-state index in [4.69, 9.17) is 0 Å². The number of benzene rings is 1. The smallest absolute Gasteiger partial charge is 0.325 e. The van der Waals surface area contributed by atoms with Crippen LogP contribution in [0.25, 0.3) is 0 Å². The van der Waals surface area contributed by atoms with Crippen LogP contribution in [-0.4, -0.2) is 52.8 Å². The minimum absolute atomic E-state index is 0.0858. The lowest BCUT2D eigenvalue weighted by Crippen LogP contribution is -2.54. The minimum atomic E-state index is -0.827. The molecule has 30 heavy (non-hydrogen) atoms. The van der Waals surface area contributed by atoms with E-state index in [2.05, 4.69) is 35.4 Å². The van der Waals surface area contributed by atoms with Crippen LogP contribution in [0.2, 0.25) is 0 Å². The summed E-state index contributed by atoms with van der Waals surface area (Å²) in [6.45, 7) is 9.16. The van der Waals surface area contributed by atoms with E-state index < -0.39 is 11.6 Å². The number of hydrogen-bond acceptors (Lipinski definition) is 4. The van der Waals surface area contributed by atoms with Gasteiger partial charge in [0.15, 0.2) is 0 Å². The van der Waals surface area contributed by atoms with E-state index in [1.54, 1.807) is 0 Å². The fourth-order valence-electron chi connectivity index (χ4n) is 4.60. The zero-order valence-electron chi connectivity index (χ0n) is 18.4. The van der Waals surface area contributed by atoms with Crippen LogP contribution in [0, 0.1) is 5.92 Å². The van der Waals surface area contributed by atoms with Crippen molar-refractivity contribution >= 4 is 17.8 Å². The first-order valence-corrected chi connectivity index (χ1v) is 11.1. The Morgan fingerprint density at radius 1 is 1.20 bits per heavy atom. The van der Waals surface area contributed by atoms with Crippen molar-refractivity contribution in [2.75, 3.05) is 19.6 Å². The van der Waals surface area contributed by atoms with Crippen molar-refractivity contribution in [2.24, 2.45) is 5.92 Å². The van der Waals surface area contributed by atoms with E-state index in [0.717, 1.165) is 49.4 Å². The Bertz CT molecular complexity index is 792. The van der Waals surface area contributed by atoms with Crippen molar-refractivity contribution in [1.29, 1.82) is 0 Å². The van der Waals surface area contributed by atoms with Gasteiger partial charge in [0.2, 0.25) is 5.91 Å². The van der Waals surface area contributed by atoms with Gasteiger partial charge < -0.3 is 10.6 Å². The molecule has 1 saturated heterocycles. The molecule has 4 amide bonds. The lowest BCUT2D eigenvalue weighted by Gasteiger charge is -2.36. The summed E-state index contributed by atoms with van der Waals surface area (Å²) < 4.78 is 0. The van der Waals surface area contributed by atoms with E-state index in [0.29, 0.717) is 13.0 Å². The lowest BCUT2D eigenvalue weighted by molar-refractivity contribution is -0.137. The SMILES string of the molecule is CCN(CC)Cc1ccccc1CNC(=O)CN1C(=O)NC2(CCCCC2C)C1=O. The molecule has 1 aliphatic carbocycles. The van der Waals surface area contributed by atoms with Gasteiger partial charge in [-0.25, -0.2) is 4.79 Å². The van der Waals surface area contributed by atoms with Crippen molar-refractivity contribution < 1.29 is 14.4 Å². The van der Waals surface area contributed by atoms with Gasteiger partial charge in [-0.2, -0.15) is 0 Å². The summed E-state index contributed by atoms with van der Waals surface area (Å²) in [7, 11) is 0. The van der Waals surface area contributed by atoms with E-state index in [9.17, 15) is 14.4 Å². The molecule has 2 unspecified atom stereocenters. The lowest BCUT2D eigenvalue weighted by atomic mass is 9.73. The molecule has 1 aliphatic heterocycles. The number of rotatable bonds is 8. The molecule has 1 saturated carbocycles. The molecule has 1 heterocycles. The second-order valence-electron chi connectivity index (χ2n) is 8.45. The Labute approximate surface area is 179 Å². The van der Waals surface area contributed by atoms with Gasteiger partial charge >= 0.3 is 6.03 Å². The molecule has 7 nitrogen and oxygen atoms in total. The summed E-state index contributed by atoms with van der Waals surface area (Å²) in [5.41, 5.74) is 1.39. The predicted octanol–water partition coefficient (Wildman–Crippen LogP) is 2.65. The zero-order valence-corrected chi connectivity index (χ0v) is 18.4. The third-order valence-electron chi connectivity index (χ3n) is 6.69. The molecule has 1 aromatic carbocycles. The van der Waals surface area contributed by atoms with Crippen molar-refractivity contribution in [3.8, 4) is 0 Å². The molecule has 1 aromatic rings. The third-order valence-corrected chi connectivity index (χ3v) is 6.69. The van der Waals surface area contributed by atoms with Crippen molar-refractivity contribution in [3.05, 3.63) is 35.4 Å². The highest BCUT2D eigenvalue weighted by Crippen LogP contribution is 2.38.